The van der Waals surface area contributed by atoms with Gasteiger partial charge in [-0.25, -0.2) is 0 Å². The zero-order chi connectivity index (χ0) is 11.4. The van der Waals surface area contributed by atoms with E-state index in [1.165, 1.54) is 6.20 Å². The minimum Gasteiger partial charge on any atom is -0.507 e. The molecule has 0 saturated heterocycles. The predicted octanol–water partition coefficient (Wildman–Crippen LogP) is 2.06. The molecule has 1 N–H and O–H groups in total. The fraction of sp³-hybridized carbons (Fsp3) is 0.273. The molecule has 0 aliphatic heterocycles. The van der Waals surface area contributed by atoms with Crippen molar-refractivity contribution in [2.45, 2.75) is 13.3 Å². The quantitative estimate of drug-likeness (QED) is 0.485. The van der Waals surface area contributed by atoms with Crippen molar-refractivity contribution in [1.29, 1.82) is 0 Å². The Morgan fingerprint density at radius 2 is 2.19 bits per heavy atom. The molecular weight excluding hydrogens is 208 g/mol. The molecule has 1 aromatic carbocycles. The molecule has 0 spiro atoms. The van der Waals surface area contributed by atoms with Crippen molar-refractivity contribution in [1.82, 2.24) is 10.2 Å². The van der Waals surface area contributed by atoms with Crippen LogP contribution in [0.4, 0.5) is 0 Å². The lowest BCUT2D eigenvalue weighted by Gasteiger charge is -2.05. The van der Waals surface area contributed by atoms with E-state index in [-0.39, 0.29) is 11.6 Å². The molecule has 16 heavy (non-hydrogen) atoms. The second-order valence-electron chi connectivity index (χ2n) is 3.29. The number of fused-ring (bicyclic) bond motifs is 1. The molecule has 1 aromatic heterocycles. The van der Waals surface area contributed by atoms with Crippen LogP contribution in [-0.4, -0.2) is 21.9 Å². The molecular formula is C11H12N2O3. The second-order valence-corrected chi connectivity index (χ2v) is 3.29. The lowest BCUT2D eigenvalue weighted by Crippen LogP contribution is -2.01. The number of phenols is 1. The Bertz CT molecular complexity index is 488. The third-order valence-corrected chi connectivity index (χ3v) is 2.07. The molecule has 0 amide bonds. The van der Waals surface area contributed by atoms with Crippen molar-refractivity contribution in [2.75, 3.05) is 6.61 Å². The first kappa shape index (κ1) is 10.6. The number of hydrogen-bond donors (Lipinski definition) is 1. The molecule has 1 heterocycles. The second kappa shape index (κ2) is 4.76. The van der Waals surface area contributed by atoms with E-state index in [9.17, 15) is 5.11 Å². The summed E-state index contributed by atoms with van der Waals surface area (Å²) in [5.74, 6) is 0.412. The Morgan fingerprint density at radius 1 is 1.31 bits per heavy atom. The van der Waals surface area contributed by atoms with Gasteiger partial charge in [0.15, 0.2) is 0 Å². The van der Waals surface area contributed by atoms with Crippen molar-refractivity contribution in [3.63, 3.8) is 0 Å². The van der Waals surface area contributed by atoms with E-state index in [2.05, 4.69) is 10.2 Å². The van der Waals surface area contributed by atoms with Crippen molar-refractivity contribution in [3.05, 3.63) is 24.4 Å². The molecule has 0 fully saturated rings. The SMILES string of the molecule is CCCOOc1nncc2c(O)cccc12. The van der Waals surface area contributed by atoms with Crippen LogP contribution in [0.15, 0.2) is 24.4 Å². The van der Waals surface area contributed by atoms with E-state index in [0.29, 0.717) is 17.4 Å². The molecule has 0 aliphatic carbocycles. The summed E-state index contributed by atoms with van der Waals surface area (Å²) in [4.78, 5) is 9.96. The highest BCUT2D eigenvalue weighted by atomic mass is 17.2. The van der Waals surface area contributed by atoms with E-state index >= 15 is 0 Å². The van der Waals surface area contributed by atoms with Gasteiger partial charge in [-0.3, -0.25) is 0 Å². The lowest BCUT2D eigenvalue weighted by atomic mass is 10.2. The van der Waals surface area contributed by atoms with Gasteiger partial charge in [-0.05, 0) is 18.6 Å². The van der Waals surface area contributed by atoms with Crippen LogP contribution in [0.5, 0.6) is 11.6 Å². The van der Waals surface area contributed by atoms with Gasteiger partial charge in [0.25, 0.3) is 5.88 Å². The fourth-order valence-electron chi connectivity index (χ4n) is 1.31. The monoisotopic (exact) mass is 220 g/mol. The van der Waals surface area contributed by atoms with Gasteiger partial charge in [0, 0.05) is 5.39 Å². The average Bonchev–Trinajstić information content (AvgIpc) is 2.31. The standard InChI is InChI=1S/C11H12N2O3/c1-2-6-15-16-11-8-4-3-5-10(14)9(8)7-12-13-11/h3-5,7,14H,2,6H2,1H3. The molecule has 0 radical (unpaired) electrons. The summed E-state index contributed by atoms with van der Waals surface area (Å²) in [6.45, 7) is 2.46. The summed E-state index contributed by atoms with van der Waals surface area (Å²) in [7, 11) is 0. The number of phenolic OH excluding ortho intramolecular Hbond substituents is 1. The zero-order valence-corrected chi connectivity index (χ0v) is 8.88. The van der Waals surface area contributed by atoms with Crippen LogP contribution in [0, 0.1) is 0 Å². The summed E-state index contributed by atoms with van der Waals surface area (Å²) in [5, 5.41) is 18.4. The van der Waals surface area contributed by atoms with Crippen LogP contribution in [0.25, 0.3) is 10.8 Å². The molecule has 0 aliphatic rings. The van der Waals surface area contributed by atoms with E-state index in [0.717, 1.165) is 6.42 Å². The Balaban J connectivity index is 2.34. The van der Waals surface area contributed by atoms with Gasteiger partial charge in [-0.15, -0.1) is 5.10 Å². The van der Waals surface area contributed by atoms with Crippen molar-refractivity contribution in [2.24, 2.45) is 0 Å². The molecule has 0 atom stereocenters. The highest BCUT2D eigenvalue weighted by Crippen LogP contribution is 2.28. The molecule has 0 saturated carbocycles. The molecule has 5 nitrogen and oxygen atoms in total. The summed E-state index contributed by atoms with van der Waals surface area (Å²) in [6, 6.07) is 5.08. The molecule has 0 bridgehead atoms. The Labute approximate surface area is 92.6 Å². The van der Waals surface area contributed by atoms with E-state index in [4.69, 9.17) is 9.78 Å². The molecule has 5 heteroatoms. The number of nitrogens with zero attached hydrogens (tertiary/aromatic N) is 2. The minimum atomic E-state index is 0.146. The van der Waals surface area contributed by atoms with Gasteiger partial charge >= 0.3 is 0 Å². The number of aromatic hydroxyl groups is 1. The van der Waals surface area contributed by atoms with E-state index < -0.39 is 0 Å². The fourth-order valence-corrected chi connectivity index (χ4v) is 1.31. The first-order valence-electron chi connectivity index (χ1n) is 5.05. The van der Waals surface area contributed by atoms with Crippen LogP contribution >= 0.6 is 0 Å². The molecule has 84 valence electrons. The first-order chi connectivity index (χ1) is 7.83. The molecule has 2 rings (SSSR count). The van der Waals surface area contributed by atoms with Crippen LogP contribution < -0.4 is 4.89 Å². The number of rotatable bonds is 4. The predicted molar refractivity (Wildman–Crippen MR) is 58.1 cm³/mol. The van der Waals surface area contributed by atoms with Gasteiger partial charge in [-0.2, -0.15) is 9.99 Å². The Morgan fingerprint density at radius 3 is 3.00 bits per heavy atom. The summed E-state index contributed by atoms with van der Waals surface area (Å²) >= 11 is 0. The zero-order valence-electron chi connectivity index (χ0n) is 8.88. The smallest absolute Gasteiger partial charge is 0.282 e. The maximum Gasteiger partial charge on any atom is 0.282 e. The Hall–Kier alpha value is -1.88. The topological polar surface area (TPSA) is 64.5 Å². The van der Waals surface area contributed by atoms with Crippen LogP contribution in [0.1, 0.15) is 13.3 Å². The van der Waals surface area contributed by atoms with Gasteiger partial charge < -0.3 is 9.99 Å². The summed E-state index contributed by atoms with van der Waals surface area (Å²) in [6.07, 6.45) is 2.33. The van der Waals surface area contributed by atoms with Crippen LogP contribution in [0.2, 0.25) is 0 Å². The normalized spacial score (nSPS) is 10.6. The minimum absolute atomic E-state index is 0.146. The lowest BCUT2D eigenvalue weighted by molar-refractivity contribution is -0.208. The van der Waals surface area contributed by atoms with Crippen molar-refractivity contribution >= 4 is 10.8 Å². The third-order valence-electron chi connectivity index (χ3n) is 2.07. The maximum absolute atomic E-state index is 9.60. The van der Waals surface area contributed by atoms with Crippen molar-refractivity contribution < 1.29 is 14.9 Å². The van der Waals surface area contributed by atoms with E-state index in [1.807, 2.05) is 6.92 Å². The van der Waals surface area contributed by atoms with Gasteiger partial charge in [0.2, 0.25) is 0 Å². The third kappa shape index (κ3) is 2.04. The highest BCUT2D eigenvalue weighted by Gasteiger charge is 2.08. The Kier molecular flexibility index (Phi) is 3.16. The van der Waals surface area contributed by atoms with Gasteiger partial charge in [0.1, 0.15) is 5.75 Å². The number of aromatic nitrogens is 2. The van der Waals surface area contributed by atoms with E-state index in [1.54, 1.807) is 18.2 Å². The van der Waals surface area contributed by atoms with Gasteiger partial charge in [0.05, 0.1) is 18.2 Å². The number of hydrogen-bond acceptors (Lipinski definition) is 5. The summed E-state index contributed by atoms with van der Waals surface area (Å²) in [5.41, 5.74) is 0. The molecule has 2 aromatic rings. The number of benzene rings is 1. The maximum atomic E-state index is 9.60. The van der Waals surface area contributed by atoms with Crippen LogP contribution in [-0.2, 0) is 4.89 Å². The first-order valence-corrected chi connectivity index (χ1v) is 5.05. The average molecular weight is 220 g/mol. The van der Waals surface area contributed by atoms with Crippen LogP contribution in [0.3, 0.4) is 0 Å². The summed E-state index contributed by atoms with van der Waals surface area (Å²) < 4.78 is 0. The largest absolute Gasteiger partial charge is 0.507 e. The highest BCUT2D eigenvalue weighted by molar-refractivity contribution is 5.90. The molecule has 0 unspecified atom stereocenters. The van der Waals surface area contributed by atoms with Crippen molar-refractivity contribution in [3.8, 4) is 11.6 Å². The van der Waals surface area contributed by atoms with Gasteiger partial charge in [-0.1, -0.05) is 13.0 Å².